The van der Waals surface area contributed by atoms with Crippen LogP contribution in [0.5, 0.6) is 0 Å². The van der Waals surface area contributed by atoms with Gasteiger partial charge in [0.1, 0.15) is 0 Å². The van der Waals surface area contributed by atoms with E-state index in [2.05, 4.69) is 10.3 Å². The highest BCUT2D eigenvalue weighted by Crippen LogP contribution is 2.15. The van der Waals surface area contributed by atoms with Crippen molar-refractivity contribution in [1.82, 2.24) is 19.2 Å². The number of hydrogen-bond acceptors (Lipinski definition) is 5. The fourth-order valence-corrected chi connectivity index (χ4v) is 4.47. The van der Waals surface area contributed by atoms with Crippen LogP contribution in [0, 0.1) is 0 Å². The van der Waals surface area contributed by atoms with Gasteiger partial charge in [-0.1, -0.05) is 18.2 Å². The Labute approximate surface area is 172 Å². The molecular weight excluding hydrogens is 408 g/mol. The number of aromatic amines is 1. The summed E-state index contributed by atoms with van der Waals surface area (Å²) in [6.07, 6.45) is 1.66. The number of carbonyl (C=O) groups excluding carboxylic acids is 1. The van der Waals surface area contributed by atoms with Gasteiger partial charge in [-0.3, -0.25) is 9.59 Å². The van der Waals surface area contributed by atoms with Gasteiger partial charge in [0.25, 0.3) is 11.5 Å². The molecule has 0 aliphatic carbocycles. The van der Waals surface area contributed by atoms with Crippen molar-refractivity contribution in [2.45, 2.75) is 12.5 Å². The van der Waals surface area contributed by atoms with Gasteiger partial charge in [-0.15, -0.1) is 0 Å². The van der Waals surface area contributed by atoms with Crippen LogP contribution in [0.15, 0.2) is 58.1 Å². The van der Waals surface area contributed by atoms with Crippen LogP contribution in [-0.4, -0.2) is 53.6 Å². The maximum Gasteiger partial charge on any atom is 0.333 e. The number of aromatic nitrogens is 2. The first-order valence-electron chi connectivity index (χ1n) is 9.34. The molecule has 1 fully saturated rings. The fraction of sp³-hybridized carbons (Fsp3) is 0.250. The summed E-state index contributed by atoms with van der Waals surface area (Å²) in [6, 6.07) is 12.7. The average molecular weight is 428 g/mol. The number of nitrogens with zero attached hydrogens (tertiary/aromatic N) is 2. The largest absolute Gasteiger partial charge is 0.348 e. The van der Waals surface area contributed by atoms with E-state index in [0.717, 1.165) is 10.8 Å². The van der Waals surface area contributed by atoms with Crippen LogP contribution in [0.3, 0.4) is 0 Å². The second-order valence-electron chi connectivity index (χ2n) is 7.25. The lowest BCUT2D eigenvalue weighted by atomic mass is 10.1. The molecule has 0 radical (unpaired) electrons. The first-order chi connectivity index (χ1) is 14.2. The van der Waals surface area contributed by atoms with E-state index in [1.165, 1.54) is 22.5 Å². The maximum absolute atomic E-state index is 12.8. The van der Waals surface area contributed by atoms with Crippen molar-refractivity contribution in [3.8, 4) is 5.69 Å². The van der Waals surface area contributed by atoms with Crippen molar-refractivity contribution in [3.05, 3.63) is 74.9 Å². The third kappa shape index (κ3) is 3.79. The van der Waals surface area contributed by atoms with Crippen LogP contribution in [-0.2, 0) is 10.0 Å². The minimum atomic E-state index is -3.30. The minimum absolute atomic E-state index is 0.219. The summed E-state index contributed by atoms with van der Waals surface area (Å²) in [5.74, 6) is -0.398. The topological polar surface area (TPSA) is 121 Å². The highest BCUT2D eigenvalue weighted by Gasteiger charge is 2.29. The van der Waals surface area contributed by atoms with Crippen LogP contribution in [0.4, 0.5) is 0 Å². The van der Waals surface area contributed by atoms with Gasteiger partial charge in [0.05, 0.1) is 22.8 Å². The molecule has 156 valence electrons. The van der Waals surface area contributed by atoms with Crippen LogP contribution >= 0.6 is 0 Å². The van der Waals surface area contributed by atoms with E-state index in [1.54, 1.807) is 30.3 Å². The summed E-state index contributed by atoms with van der Waals surface area (Å²) >= 11 is 0. The highest BCUT2D eigenvalue weighted by atomic mass is 32.2. The molecule has 3 aromatic rings. The lowest BCUT2D eigenvalue weighted by Gasteiger charge is -2.15. The lowest BCUT2D eigenvalue weighted by molar-refractivity contribution is 0.0939. The summed E-state index contributed by atoms with van der Waals surface area (Å²) in [5, 5.41) is 3.08. The van der Waals surface area contributed by atoms with Crippen molar-refractivity contribution in [3.63, 3.8) is 0 Å². The summed E-state index contributed by atoms with van der Waals surface area (Å²) in [4.78, 5) is 40.6. The zero-order valence-electron chi connectivity index (χ0n) is 16.2. The molecule has 1 amide bonds. The second kappa shape index (κ2) is 7.54. The second-order valence-corrected chi connectivity index (χ2v) is 9.23. The molecule has 2 aromatic carbocycles. The van der Waals surface area contributed by atoms with Gasteiger partial charge < -0.3 is 10.3 Å². The molecule has 9 nitrogen and oxygen atoms in total. The molecule has 0 spiro atoms. The number of benzene rings is 2. The quantitative estimate of drug-likeness (QED) is 0.625. The van der Waals surface area contributed by atoms with E-state index >= 15 is 0 Å². The Balaban J connectivity index is 1.62. The van der Waals surface area contributed by atoms with Gasteiger partial charge in [-0.2, -0.15) is 0 Å². The van der Waals surface area contributed by atoms with Crippen molar-refractivity contribution in [1.29, 1.82) is 0 Å². The van der Waals surface area contributed by atoms with Gasteiger partial charge in [0.2, 0.25) is 10.0 Å². The van der Waals surface area contributed by atoms with Crippen molar-refractivity contribution in [2.75, 3.05) is 19.3 Å². The molecule has 1 atom stereocenters. The molecule has 2 N–H and O–H groups in total. The van der Waals surface area contributed by atoms with E-state index in [4.69, 9.17) is 0 Å². The number of para-hydroxylation sites is 1. The Morgan fingerprint density at radius 2 is 1.87 bits per heavy atom. The SMILES string of the molecule is CS(=O)(=O)N1CCC(NC(=O)c2ccc3c(=O)n(-c4ccccc4)c(=O)[nH]c3c2)C1. The number of amides is 1. The average Bonchev–Trinajstić information content (AvgIpc) is 3.17. The van der Waals surface area contributed by atoms with Crippen molar-refractivity contribution in [2.24, 2.45) is 0 Å². The number of hydrogen-bond donors (Lipinski definition) is 2. The monoisotopic (exact) mass is 428 g/mol. The number of fused-ring (bicyclic) bond motifs is 1. The van der Waals surface area contributed by atoms with Gasteiger partial charge >= 0.3 is 5.69 Å². The van der Waals surface area contributed by atoms with Gasteiger partial charge in [-0.05, 0) is 36.8 Å². The van der Waals surface area contributed by atoms with Gasteiger partial charge in [0, 0.05) is 24.7 Å². The summed E-state index contributed by atoms with van der Waals surface area (Å²) in [5.41, 5.74) is -0.103. The molecular formula is C20H20N4O5S. The Morgan fingerprint density at radius 3 is 2.53 bits per heavy atom. The zero-order valence-corrected chi connectivity index (χ0v) is 17.0. The molecule has 1 aliphatic rings. The minimum Gasteiger partial charge on any atom is -0.348 e. The third-order valence-electron chi connectivity index (χ3n) is 5.13. The fourth-order valence-electron chi connectivity index (χ4n) is 3.59. The van der Waals surface area contributed by atoms with E-state index in [9.17, 15) is 22.8 Å². The number of sulfonamides is 1. The first kappa shape index (κ1) is 20.0. The summed E-state index contributed by atoms with van der Waals surface area (Å²) in [6.45, 7) is 0.574. The Bertz CT molecular complexity index is 1350. The van der Waals surface area contributed by atoms with E-state index < -0.39 is 27.2 Å². The molecule has 4 rings (SSSR count). The zero-order chi connectivity index (χ0) is 21.5. The first-order valence-corrected chi connectivity index (χ1v) is 11.2. The number of carbonyl (C=O) groups is 1. The van der Waals surface area contributed by atoms with Crippen LogP contribution in [0.25, 0.3) is 16.6 Å². The predicted octanol–water partition coefficient (Wildman–Crippen LogP) is 0.443. The lowest BCUT2D eigenvalue weighted by Crippen LogP contribution is -2.38. The molecule has 2 heterocycles. The third-order valence-corrected chi connectivity index (χ3v) is 6.40. The van der Waals surface area contributed by atoms with Crippen molar-refractivity contribution >= 4 is 26.8 Å². The number of rotatable bonds is 4. The van der Waals surface area contributed by atoms with E-state index in [-0.39, 0.29) is 29.1 Å². The molecule has 1 aromatic heterocycles. The molecule has 0 bridgehead atoms. The molecule has 1 unspecified atom stereocenters. The highest BCUT2D eigenvalue weighted by molar-refractivity contribution is 7.88. The molecule has 1 aliphatic heterocycles. The smallest absolute Gasteiger partial charge is 0.333 e. The van der Waals surface area contributed by atoms with E-state index in [1.807, 2.05) is 0 Å². The van der Waals surface area contributed by atoms with E-state index in [0.29, 0.717) is 18.7 Å². The molecule has 30 heavy (non-hydrogen) atoms. The van der Waals surface area contributed by atoms with Crippen molar-refractivity contribution < 1.29 is 13.2 Å². The number of H-pyrrole nitrogens is 1. The van der Waals surface area contributed by atoms with Gasteiger partial charge in [-0.25, -0.2) is 22.1 Å². The summed E-state index contributed by atoms with van der Waals surface area (Å²) in [7, 11) is -3.30. The standard InChI is InChI=1S/C20H20N4O5S/c1-30(28,29)23-10-9-14(12-23)21-18(25)13-7-8-16-17(11-13)22-20(27)24(19(16)26)15-5-3-2-4-6-15/h2-8,11,14H,9-10,12H2,1H3,(H,21,25)(H,22,27). The summed E-state index contributed by atoms with van der Waals surface area (Å²) < 4.78 is 25.6. The Hall–Kier alpha value is -3.24. The van der Waals surface area contributed by atoms with Crippen LogP contribution in [0.1, 0.15) is 16.8 Å². The van der Waals surface area contributed by atoms with Crippen LogP contribution in [0.2, 0.25) is 0 Å². The Kier molecular flexibility index (Phi) is 5.04. The Morgan fingerprint density at radius 1 is 1.13 bits per heavy atom. The molecule has 10 heteroatoms. The molecule has 1 saturated heterocycles. The van der Waals surface area contributed by atoms with Gasteiger partial charge in [0.15, 0.2) is 0 Å². The maximum atomic E-state index is 12.8. The van der Waals surface area contributed by atoms with Crippen LogP contribution < -0.4 is 16.6 Å². The normalized spacial score (nSPS) is 17.3. The molecule has 0 saturated carbocycles. The number of nitrogens with one attached hydrogen (secondary N) is 2. The predicted molar refractivity (Wildman–Crippen MR) is 112 cm³/mol.